The van der Waals surface area contributed by atoms with E-state index >= 15 is 0 Å². The molecule has 10 atom stereocenters. The molecule has 3 aliphatic rings. The summed E-state index contributed by atoms with van der Waals surface area (Å²) in [5.41, 5.74) is -1.59. The highest BCUT2D eigenvalue weighted by Gasteiger charge is 2.61. The van der Waals surface area contributed by atoms with E-state index in [1.807, 2.05) is 13.8 Å². The Hall–Kier alpha value is -1.84. The topological polar surface area (TPSA) is 202 Å². The van der Waals surface area contributed by atoms with Crippen LogP contribution < -0.4 is 0 Å². The van der Waals surface area contributed by atoms with Crippen molar-refractivity contribution in [3.05, 3.63) is 11.8 Å². The number of ether oxygens (including phenoxy) is 5. The molecule has 13 nitrogen and oxygen atoms in total. The molecule has 2 heterocycles. The number of aliphatic hydroxyl groups is 6. The fourth-order valence-electron chi connectivity index (χ4n) is 4.84. The van der Waals surface area contributed by atoms with Gasteiger partial charge < -0.3 is 54.3 Å². The van der Waals surface area contributed by atoms with Crippen molar-refractivity contribution >= 4 is 11.9 Å². The maximum absolute atomic E-state index is 12.3. The monoisotopic (exact) mass is 520 g/mol. The first-order chi connectivity index (χ1) is 16.9. The SMILES string of the molecule is CC(=O)OCC1(O)C(O)CC2C(COC3OC(CO)C(O)C(O)C3O)=COC(OC(=O)CC(C)C)C21. The van der Waals surface area contributed by atoms with Gasteiger partial charge in [-0.05, 0) is 17.9 Å². The summed E-state index contributed by atoms with van der Waals surface area (Å²) < 4.78 is 27.0. The van der Waals surface area contributed by atoms with E-state index in [9.17, 15) is 40.2 Å². The van der Waals surface area contributed by atoms with E-state index < -0.39 is 85.7 Å². The van der Waals surface area contributed by atoms with Crippen LogP contribution in [-0.4, -0.2) is 111 Å². The molecule has 1 saturated carbocycles. The molecule has 2 fully saturated rings. The van der Waals surface area contributed by atoms with Gasteiger partial charge in [0.05, 0.1) is 31.5 Å². The molecule has 1 aliphatic carbocycles. The largest absolute Gasteiger partial charge is 0.463 e. The van der Waals surface area contributed by atoms with Crippen LogP contribution in [0.3, 0.4) is 0 Å². The van der Waals surface area contributed by atoms with E-state index in [0.717, 1.165) is 6.92 Å². The summed E-state index contributed by atoms with van der Waals surface area (Å²) in [4.78, 5) is 23.8. The third-order valence-corrected chi connectivity index (χ3v) is 6.78. The van der Waals surface area contributed by atoms with E-state index in [1.54, 1.807) is 0 Å². The predicted octanol–water partition coefficient (Wildman–Crippen LogP) is -2.08. The summed E-state index contributed by atoms with van der Waals surface area (Å²) in [5, 5.41) is 61.6. The van der Waals surface area contributed by atoms with Gasteiger partial charge in [0.15, 0.2) is 6.29 Å². The first kappa shape index (κ1) is 28.7. The van der Waals surface area contributed by atoms with Gasteiger partial charge in [-0.15, -0.1) is 0 Å². The molecule has 0 aromatic rings. The number of carbonyl (C=O) groups is 2. The van der Waals surface area contributed by atoms with Crippen molar-refractivity contribution in [1.82, 2.24) is 0 Å². The minimum atomic E-state index is -2.00. The molecule has 3 rings (SSSR count). The van der Waals surface area contributed by atoms with Gasteiger partial charge in [-0.2, -0.15) is 0 Å². The lowest BCUT2D eigenvalue weighted by Crippen LogP contribution is -2.59. The van der Waals surface area contributed by atoms with Gasteiger partial charge in [0.1, 0.15) is 36.6 Å². The zero-order chi connectivity index (χ0) is 26.8. The zero-order valence-corrected chi connectivity index (χ0v) is 20.4. The van der Waals surface area contributed by atoms with Gasteiger partial charge in [0, 0.05) is 19.3 Å². The Kier molecular flexibility index (Phi) is 9.33. The fourth-order valence-corrected chi connectivity index (χ4v) is 4.84. The lowest BCUT2D eigenvalue weighted by molar-refractivity contribution is -0.299. The van der Waals surface area contributed by atoms with Crippen LogP contribution >= 0.6 is 0 Å². The van der Waals surface area contributed by atoms with Crippen molar-refractivity contribution in [2.24, 2.45) is 17.8 Å². The Morgan fingerprint density at radius 2 is 1.83 bits per heavy atom. The molecule has 2 aliphatic heterocycles. The van der Waals surface area contributed by atoms with Crippen molar-refractivity contribution in [2.75, 3.05) is 19.8 Å². The highest BCUT2D eigenvalue weighted by atomic mass is 16.7. The van der Waals surface area contributed by atoms with Gasteiger partial charge in [-0.25, -0.2) is 0 Å². The van der Waals surface area contributed by atoms with Crippen LogP contribution in [0, 0.1) is 17.8 Å². The van der Waals surface area contributed by atoms with Crippen LogP contribution in [0.5, 0.6) is 0 Å². The summed E-state index contributed by atoms with van der Waals surface area (Å²) in [6.45, 7) is 3.37. The summed E-state index contributed by atoms with van der Waals surface area (Å²) in [5.74, 6) is -2.91. The Bertz CT molecular complexity index is 814. The van der Waals surface area contributed by atoms with Gasteiger partial charge in [0.25, 0.3) is 0 Å². The van der Waals surface area contributed by atoms with Crippen molar-refractivity contribution in [2.45, 2.75) is 82.3 Å². The number of aliphatic hydroxyl groups excluding tert-OH is 5. The van der Waals surface area contributed by atoms with Crippen molar-refractivity contribution < 1.29 is 63.9 Å². The first-order valence-electron chi connectivity index (χ1n) is 11.9. The number of rotatable bonds is 9. The molecule has 0 aromatic heterocycles. The van der Waals surface area contributed by atoms with Crippen LogP contribution in [-0.2, 0) is 33.3 Å². The Balaban J connectivity index is 1.79. The minimum Gasteiger partial charge on any atom is -0.463 e. The average molecular weight is 521 g/mol. The van der Waals surface area contributed by atoms with Crippen molar-refractivity contribution in [1.29, 1.82) is 0 Å². The fraction of sp³-hybridized carbons (Fsp3) is 0.826. The molecule has 206 valence electrons. The van der Waals surface area contributed by atoms with E-state index in [1.165, 1.54) is 6.26 Å². The number of esters is 2. The average Bonchev–Trinajstić information content (AvgIpc) is 3.07. The third-order valence-electron chi connectivity index (χ3n) is 6.78. The van der Waals surface area contributed by atoms with Crippen LogP contribution in [0.15, 0.2) is 11.8 Å². The van der Waals surface area contributed by atoms with E-state index in [0.29, 0.717) is 5.57 Å². The second-order valence-electron chi connectivity index (χ2n) is 9.95. The van der Waals surface area contributed by atoms with Gasteiger partial charge >= 0.3 is 11.9 Å². The Labute approximate surface area is 208 Å². The van der Waals surface area contributed by atoms with Crippen LogP contribution in [0.4, 0.5) is 0 Å². The van der Waals surface area contributed by atoms with Crippen LogP contribution in [0.1, 0.15) is 33.6 Å². The van der Waals surface area contributed by atoms with Gasteiger partial charge in [-0.3, -0.25) is 9.59 Å². The molecular formula is C23H36O13. The predicted molar refractivity (Wildman–Crippen MR) is 117 cm³/mol. The van der Waals surface area contributed by atoms with E-state index in [-0.39, 0.29) is 25.4 Å². The maximum atomic E-state index is 12.3. The number of hydrogen-bond acceptors (Lipinski definition) is 13. The molecule has 13 heteroatoms. The highest BCUT2D eigenvalue weighted by Crippen LogP contribution is 2.49. The summed E-state index contributed by atoms with van der Waals surface area (Å²) in [6, 6.07) is 0. The van der Waals surface area contributed by atoms with Gasteiger partial charge in [0.2, 0.25) is 6.29 Å². The van der Waals surface area contributed by atoms with Gasteiger partial charge in [-0.1, -0.05) is 13.8 Å². The highest BCUT2D eigenvalue weighted by molar-refractivity contribution is 5.69. The molecule has 1 saturated heterocycles. The standard InChI is InChI=1S/C23H36O13/c1-10(2)4-16(27)36-21-17-13(5-15(26)23(17,31)9-34-11(3)25)12(7-32-21)8-33-22-20(30)19(29)18(28)14(6-24)35-22/h7,10,13-15,17-22,24,26,28-31H,4-6,8-9H2,1-3H3. The molecule has 0 aromatic carbocycles. The lowest BCUT2D eigenvalue weighted by Gasteiger charge is -2.41. The van der Waals surface area contributed by atoms with Crippen LogP contribution in [0.2, 0.25) is 0 Å². The summed E-state index contributed by atoms with van der Waals surface area (Å²) in [7, 11) is 0. The second kappa shape index (κ2) is 11.7. The van der Waals surface area contributed by atoms with Crippen LogP contribution in [0.25, 0.3) is 0 Å². The third kappa shape index (κ3) is 6.00. The zero-order valence-electron chi connectivity index (χ0n) is 20.4. The quantitative estimate of drug-likeness (QED) is 0.181. The minimum absolute atomic E-state index is 0.00373. The number of carbonyl (C=O) groups excluding carboxylic acids is 2. The molecule has 0 bridgehead atoms. The molecule has 6 N–H and O–H groups in total. The second-order valence-corrected chi connectivity index (χ2v) is 9.95. The smallest absolute Gasteiger partial charge is 0.309 e. The number of hydrogen-bond donors (Lipinski definition) is 6. The molecule has 0 spiro atoms. The summed E-state index contributed by atoms with van der Waals surface area (Å²) in [6.07, 6.45) is -8.66. The van der Waals surface area contributed by atoms with Crippen molar-refractivity contribution in [3.8, 4) is 0 Å². The molecule has 36 heavy (non-hydrogen) atoms. The Morgan fingerprint density at radius 3 is 2.44 bits per heavy atom. The number of fused-ring (bicyclic) bond motifs is 1. The first-order valence-corrected chi connectivity index (χ1v) is 11.9. The normalized spacial score (nSPS) is 40.3. The molecule has 10 unspecified atom stereocenters. The molecule has 0 amide bonds. The van der Waals surface area contributed by atoms with E-state index in [2.05, 4.69) is 0 Å². The summed E-state index contributed by atoms with van der Waals surface area (Å²) >= 11 is 0. The van der Waals surface area contributed by atoms with E-state index in [4.69, 9.17) is 23.7 Å². The molecular weight excluding hydrogens is 484 g/mol. The maximum Gasteiger partial charge on any atom is 0.309 e. The Morgan fingerprint density at radius 1 is 1.14 bits per heavy atom. The molecule has 0 radical (unpaired) electrons. The lowest BCUT2D eigenvalue weighted by atomic mass is 9.80. The van der Waals surface area contributed by atoms with Crippen molar-refractivity contribution in [3.63, 3.8) is 0 Å².